The van der Waals surface area contributed by atoms with Gasteiger partial charge in [0.2, 0.25) is 5.91 Å². The molecule has 0 radical (unpaired) electrons. The Kier molecular flexibility index (Phi) is 5.70. The third-order valence-corrected chi connectivity index (χ3v) is 5.41. The number of urea groups is 1. The van der Waals surface area contributed by atoms with Gasteiger partial charge in [-0.25, -0.2) is 14.1 Å². The second-order valence-electron chi connectivity index (χ2n) is 7.65. The third-order valence-electron chi connectivity index (χ3n) is 5.41. The van der Waals surface area contributed by atoms with Gasteiger partial charge in [0.1, 0.15) is 18.1 Å². The standard InChI is InChI=1S/C23H23FN4O3/c1-15-6-2-3-7-18(15)25-21(29)14-28-22(30)19(26-23(28)31)13-16-8-9-20(17(24)12-16)27-10-4-5-11-27/h2-3,6-9,12-13H,4-5,10-11,14H2,1H3,(H,25,29)(H,26,31). The van der Waals surface area contributed by atoms with Gasteiger partial charge >= 0.3 is 6.03 Å². The van der Waals surface area contributed by atoms with Crippen LogP contribution in [0.25, 0.3) is 6.08 Å². The SMILES string of the molecule is Cc1ccccc1NC(=O)CN1C(=O)NC(=Cc2ccc(N3CCCC3)c(F)c2)C1=O. The summed E-state index contributed by atoms with van der Waals surface area (Å²) in [5, 5.41) is 5.15. The number of amides is 4. The van der Waals surface area contributed by atoms with E-state index in [1.165, 1.54) is 12.1 Å². The Labute approximate surface area is 179 Å². The van der Waals surface area contributed by atoms with Crippen molar-refractivity contribution >= 4 is 35.3 Å². The Morgan fingerprint density at radius 3 is 2.61 bits per heavy atom. The Morgan fingerprint density at radius 1 is 1.16 bits per heavy atom. The Balaban J connectivity index is 1.45. The number of aryl methyl sites for hydroxylation is 1. The lowest BCUT2D eigenvalue weighted by Crippen LogP contribution is -2.38. The summed E-state index contributed by atoms with van der Waals surface area (Å²) >= 11 is 0. The number of anilines is 2. The van der Waals surface area contributed by atoms with E-state index in [1.807, 2.05) is 24.0 Å². The molecule has 4 amide bonds. The average molecular weight is 422 g/mol. The van der Waals surface area contributed by atoms with E-state index in [9.17, 15) is 18.8 Å². The van der Waals surface area contributed by atoms with E-state index >= 15 is 0 Å². The molecule has 2 aliphatic rings. The van der Waals surface area contributed by atoms with Crippen molar-refractivity contribution in [2.75, 3.05) is 29.9 Å². The van der Waals surface area contributed by atoms with Gasteiger partial charge in [0.25, 0.3) is 5.91 Å². The normalized spacial score (nSPS) is 17.4. The maximum Gasteiger partial charge on any atom is 0.329 e. The zero-order valence-electron chi connectivity index (χ0n) is 17.2. The molecule has 4 rings (SSSR count). The van der Waals surface area contributed by atoms with Crippen LogP contribution in [0, 0.1) is 12.7 Å². The van der Waals surface area contributed by atoms with E-state index in [1.54, 1.807) is 24.3 Å². The summed E-state index contributed by atoms with van der Waals surface area (Å²) < 4.78 is 14.5. The third kappa shape index (κ3) is 4.42. The maximum atomic E-state index is 14.5. The molecule has 2 aromatic rings. The van der Waals surface area contributed by atoms with Crippen LogP contribution in [0.4, 0.5) is 20.6 Å². The highest BCUT2D eigenvalue weighted by Gasteiger charge is 2.35. The first kappa shape index (κ1) is 20.6. The van der Waals surface area contributed by atoms with Crippen molar-refractivity contribution in [2.24, 2.45) is 0 Å². The number of para-hydroxylation sites is 1. The van der Waals surface area contributed by atoms with Crippen molar-refractivity contribution in [3.63, 3.8) is 0 Å². The minimum atomic E-state index is -0.689. The molecule has 0 aromatic heterocycles. The van der Waals surface area contributed by atoms with Crippen LogP contribution in [0.5, 0.6) is 0 Å². The van der Waals surface area contributed by atoms with E-state index in [0.29, 0.717) is 16.9 Å². The van der Waals surface area contributed by atoms with Crippen LogP contribution in [0.2, 0.25) is 0 Å². The number of nitrogens with one attached hydrogen (secondary N) is 2. The van der Waals surface area contributed by atoms with Crippen molar-refractivity contribution in [3.05, 3.63) is 65.1 Å². The molecule has 31 heavy (non-hydrogen) atoms. The van der Waals surface area contributed by atoms with E-state index in [2.05, 4.69) is 10.6 Å². The first-order valence-corrected chi connectivity index (χ1v) is 10.2. The molecule has 0 aliphatic carbocycles. The van der Waals surface area contributed by atoms with E-state index in [4.69, 9.17) is 0 Å². The molecule has 8 heteroatoms. The fraction of sp³-hybridized carbons (Fsp3) is 0.261. The van der Waals surface area contributed by atoms with Crippen LogP contribution >= 0.6 is 0 Å². The summed E-state index contributed by atoms with van der Waals surface area (Å²) in [6, 6.07) is 11.3. The maximum absolute atomic E-state index is 14.5. The topological polar surface area (TPSA) is 81.8 Å². The lowest BCUT2D eigenvalue weighted by molar-refractivity contribution is -0.127. The zero-order valence-corrected chi connectivity index (χ0v) is 17.2. The van der Waals surface area contributed by atoms with Crippen LogP contribution in [-0.2, 0) is 9.59 Å². The first-order valence-electron chi connectivity index (χ1n) is 10.2. The summed E-state index contributed by atoms with van der Waals surface area (Å²) in [5.41, 5.74) is 2.48. The van der Waals surface area contributed by atoms with Gasteiger partial charge in [0.05, 0.1) is 5.69 Å². The molecule has 0 unspecified atom stereocenters. The fourth-order valence-corrected chi connectivity index (χ4v) is 3.76. The highest BCUT2D eigenvalue weighted by Crippen LogP contribution is 2.25. The number of nitrogens with zero attached hydrogens (tertiary/aromatic N) is 2. The van der Waals surface area contributed by atoms with E-state index in [-0.39, 0.29) is 11.5 Å². The van der Waals surface area contributed by atoms with Gasteiger partial charge < -0.3 is 15.5 Å². The largest absolute Gasteiger partial charge is 0.369 e. The summed E-state index contributed by atoms with van der Waals surface area (Å²) in [7, 11) is 0. The second kappa shape index (κ2) is 8.59. The van der Waals surface area contributed by atoms with Crippen LogP contribution < -0.4 is 15.5 Å². The van der Waals surface area contributed by atoms with Crippen LogP contribution in [-0.4, -0.2) is 42.4 Å². The molecule has 7 nitrogen and oxygen atoms in total. The van der Waals surface area contributed by atoms with Gasteiger partial charge in [-0.1, -0.05) is 24.3 Å². The minimum absolute atomic E-state index is 0.00186. The molecule has 2 fully saturated rings. The lowest BCUT2D eigenvalue weighted by Gasteiger charge is -2.18. The number of benzene rings is 2. The molecule has 2 saturated heterocycles. The summed E-state index contributed by atoms with van der Waals surface area (Å²) in [5.74, 6) is -1.49. The van der Waals surface area contributed by atoms with Crippen LogP contribution in [0.3, 0.4) is 0 Å². The van der Waals surface area contributed by atoms with Crippen molar-refractivity contribution in [3.8, 4) is 0 Å². The molecule has 0 bridgehead atoms. The predicted octanol–water partition coefficient (Wildman–Crippen LogP) is 3.27. The molecule has 2 N–H and O–H groups in total. The number of carbonyl (C=O) groups is 3. The molecule has 0 saturated carbocycles. The van der Waals surface area contributed by atoms with E-state index < -0.39 is 24.4 Å². The van der Waals surface area contributed by atoms with Gasteiger partial charge in [-0.2, -0.15) is 0 Å². The molecule has 0 spiro atoms. The van der Waals surface area contributed by atoms with Gasteiger partial charge in [0.15, 0.2) is 0 Å². The summed E-state index contributed by atoms with van der Waals surface area (Å²) in [4.78, 5) is 40.0. The predicted molar refractivity (Wildman–Crippen MR) is 116 cm³/mol. The smallest absolute Gasteiger partial charge is 0.329 e. The highest BCUT2D eigenvalue weighted by molar-refractivity contribution is 6.16. The van der Waals surface area contributed by atoms with E-state index in [0.717, 1.165) is 36.4 Å². The number of imide groups is 1. The zero-order chi connectivity index (χ0) is 22.0. The van der Waals surface area contributed by atoms with Gasteiger partial charge in [-0.15, -0.1) is 0 Å². The number of rotatable bonds is 5. The fourth-order valence-electron chi connectivity index (χ4n) is 3.76. The van der Waals surface area contributed by atoms with Gasteiger partial charge in [0, 0.05) is 18.8 Å². The number of hydrogen-bond donors (Lipinski definition) is 2. The molecular weight excluding hydrogens is 399 g/mol. The quantitative estimate of drug-likeness (QED) is 0.573. The number of halogens is 1. The van der Waals surface area contributed by atoms with Crippen molar-refractivity contribution < 1.29 is 18.8 Å². The number of hydrogen-bond acceptors (Lipinski definition) is 4. The second-order valence-corrected chi connectivity index (χ2v) is 7.65. The first-order chi connectivity index (χ1) is 14.9. The minimum Gasteiger partial charge on any atom is -0.369 e. The van der Waals surface area contributed by atoms with Gasteiger partial charge in [-0.3, -0.25) is 9.59 Å². The summed E-state index contributed by atoms with van der Waals surface area (Å²) in [6.07, 6.45) is 3.49. The molecule has 160 valence electrons. The average Bonchev–Trinajstić information content (AvgIpc) is 3.35. The lowest BCUT2D eigenvalue weighted by atomic mass is 10.1. The summed E-state index contributed by atoms with van der Waals surface area (Å²) in [6.45, 7) is 3.08. The Bertz CT molecular complexity index is 1080. The van der Waals surface area contributed by atoms with Crippen molar-refractivity contribution in [2.45, 2.75) is 19.8 Å². The molecule has 2 aromatic carbocycles. The molecular formula is C23H23FN4O3. The Morgan fingerprint density at radius 2 is 1.90 bits per heavy atom. The van der Waals surface area contributed by atoms with Crippen molar-refractivity contribution in [1.29, 1.82) is 0 Å². The molecule has 2 aliphatic heterocycles. The van der Waals surface area contributed by atoms with Crippen LogP contribution in [0.15, 0.2) is 48.2 Å². The Hall–Kier alpha value is -3.68. The van der Waals surface area contributed by atoms with Crippen LogP contribution in [0.1, 0.15) is 24.0 Å². The molecule has 2 heterocycles. The van der Waals surface area contributed by atoms with Gasteiger partial charge in [-0.05, 0) is 55.2 Å². The monoisotopic (exact) mass is 422 g/mol. The molecule has 0 atom stereocenters. The highest BCUT2D eigenvalue weighted by atomic mass is 19.1. The van der Waals surface area contributed by atoms with Crippen molar-refractivity contribution in [1.82, 2.24) is 10.2 Å². The number of carbonyl (C=O) groups excluding carboxylic acids is 3.